The second kappa shape index (κ2) is 4.73. The Morgan fingerprint density at radius 2 is 2.12 bits per heavy atom. The topological polar surface area (TPSA) is 52.5 Å². The fourth-order valence-corrected chi connectivity index (χ4v) is 2.39. The van der Waals surface area contributed by atoms with E-state index in [0.717, 1.165) is 24.8 Å². The van der Waals surface area contributed by atoms with Crippen LogP contribution in [-0.2, 0) is 6.54 Å². The third-order valence-corrected chi connectivity index (χ3v) is 3.98. The Kier molecular flexibility index (Phi) is 3.52. The quantitative estimate of drug-likeness (QED) is 0.795. The molecule has 0 amide bonds. The van der Waals surface area contributed by atoms with Crippen molar-refractivity contribution in [1.82, 2.24) is 5.32 Å². The number of aliphatic hydroxyl groups excluding tert-OH is 1. The van der Waals surface area contributed by atoms with Crippen molar-refractivity contribution >= 4 is 15.9 Å². The molecule has 0 aromatic heterocycles. The molecule has 0 spiro atoms. The molecule has 1 aliphatic rings. The van der Waals surface area contributed by atoms with E-state index in [2.05, 4.69) is 21.2 Å². The molecular formula is C12H16BrNO2. The maximum atomic E-state index is 9.81. The van der Waals surface area contributed by atoms with Crippen LogP contribution in [0.2, 0.25) is 0 Å². The molecule has 2 rings (SSSR count). The van der Waals surface area contributed by atoms with Gasteiger partial charge in [-0.15, -0.1) is 0 Å². The predicted octanol–water partition coefficient (Wildman–Crippen LogP) is 2.16. The van der Waals surface area contributed by atoms with Crippen LogP contribution in [0, 0.1) is 0 Å². The normalized spacial score (nSPS) is 18.1. The second-order valence-electron chi connectivity index (χ2n) is 4.39. The third kappa shape index (κ3) is 2.24. The number of aliphatic hydroxyl groups is 1. The van der Waals surface area contributed by atoms with Crippen LogP contribution in [0.3, 0.4) is 0 Å². The van der Waals surface area contributed by atoms with E-state index in [4.69, 9.17) is 0 Å². The molecule has 0 saturated heterocycles. The lowest BCUT2D eigenvalue weighted by molar-refractivity contribution is 0.0870. The van der Waals surface area contributed by atoms with Gasteiger partial charge < -0.3 is 15.5 Å². The van der Waals surface area contributed by atoms with Crippen LogP contribution < -0.4 is 5.32 Å². The number of aromatic hydroxyl groups is 1. The van der Waals surface area contributed by atoms with Gasteiger partial charge in [0.25, 0.3) is 0 Å². The molecule has 0 radical (unpaired) electrons. The van der Waals surface area contributed by atoms with E-state index in [1.807, 2.05) is 18.2 Å². The van der Waals surface area contributed by atoms with Crippen LogP contribution in [0.1, 0.15) is 24.8 Å². The third-order valence-electron chi connectivity index (χ3n) is 3.34. The summed E-state index contributed by atoms with van der Waals surface area (Å²) in [5.74, 6) is 0.280. The van der Waals surface area contributed by atoms with Crippen LogP contribution in [0.15, 0.2) is 22.7 Å². The average molecular weight is 286 g/mol. The van der Waals surface area contributed by atoms with Gasteiger partial charge in [-0.3, -0.25) is 0 Å². The molecule has 0 heterocycles. The van der Waals surface area contributed by atoms with Gasteiger partial charge in [-0.25, -0.2) is 0 Å². The van der Waals surface area contributed by atoms with Gasteiger partial charge in [0, 0.05) is 17.6 Å². The number of hydrogen-bond acceptors (Lipinski definition) is 3. The Balaban J connectivity index is 2.02. The largest absolute Gasteiger partial charge is 0.506 e. The molecule has 4 heteroatoms. The molecule has 0 atom stereocenters. The predicted molar refractivity (Wildman–Crippen MR) is 66.3 cm³/mol. The highest BCUT2D eigenvalue weighted by Gasteiger charge is 2.35. The molecule has 1 aliphatic carbocycles. The molecule has 88 valence electrons. The first-order chi connectivity index (χ1) is 7.67. The molecule has 0 aliphatic heterocycles. The van der Waals surface area contributed by atoms with Gasteiger partial charge in [0.1, 0.15) is 5.75 Å². The van der Waals surface area contributed by atoms with Crippen LogP contribution in [0.4, 0.5) is 0 Å². The summed E-state index contributed by atoms with van der Waals surface area (Å²) in [7, 11) is 0. The van der Waals surface area contributed by atoms with E-state index in [9.17, 15) is 10.2 Å². The van der Waals surface area contributed by atoms with Crippen molar-refractivity contribution in [3.8, 4) is 5.75 Å². The highest BCUT2D eigenvalue weighted by Crippen LogP contribution is 2.33. The van der Waals surface area contributed by atoms with E-state index < -0.39 is 0 Å². The zero-order chi connectivity index (χ0) is 11.6. The van der Waals surface area contributed by atoms with Crippen LogP contribution in [-0.4, -0.2) is 22.4 Å². The van der Waals surface area contributed by atoms with E-state index in [1.165, 1.54) is 0 Å². The van der Waals surface area contributed by atoms with E-state index in [1.54, 1.807) is 0 Å². The minimum atomic E-state index is -0.116. The van der Waals surface area contributed by atoms with E-state index in [0.29, 0.717) is 11.0 Å². The monoisotopic (exact) mass is 285 g/mol. The second-order valence-corrected chi connectivity index (χ2v) is 5.25. The lowest BCUT2D eigenvalue weighted by Gasteiger charge is -2.41. The minimum absolute atomic E-state index is 0.116. The Hall–Kier alpha value is -0.580. The summed E-state index contributed by atoms with van der Waals surface area (Å²) in [6, 6.07) is 5.59. The molecule has 1 fully saturated rings. The van der Waals surface area contributed by atoms with Gasteiger partial charge in [-0.1, -0.05) is 12.1 Å². The Morgan fingerprint density at radius 1 is 1.38 bits per heavy atom. The van der Waals surface area contributed by atoms with Gasteiger partial charge in [-0.2, -0.15) is 0 Å². The van der Waals surface area contributed by atoms with E-state index in [-0.39, 0.29) is 17.9 Å². The van der Waals surface area contributed by atoms with Gasteiger partial charge in [-0.05, 0) is 41.3 Å². The highest BCUT2D eigenvalue weighted by molar-refractivity contribution is 9.10. The zero-order valence-corrected chi connectivity index (χ0v) is 10.6. The van der Waals surface area contributed by atoms with Crippen LogP contribution in [0.25, 0.3) is 0 Å². The number of halogens is 1. The van der Waals surface area contributed by atoms with Crippen molar-refractivity contribution in [2.45, 2.75) is 31.3 Å². The molecule has 0 bridgehead atoms. The molecule has 16 heavy (non-hydrogen) atoms. The van der Waals surface area contributed by atoms with Crippen molar-refractivity contribution in [2.24, 2.45) is 0 Å². The highest BCUT2D eigenvalue weighted by atomic mass is 79.9. The van der Waals surface area contributed by atoms with Crippen molar-refractivity contribution in [1.29, 1.82) is 0 Å². The number of rotatable bonds is 4. The number of benzene rings is 1. The maximum Gasteiger partial charge on any atom is 0.134 e. The standard InChI is InChI=1S/C12H16BrNO2/c13-10-4-1-3-9(11(10)16)7-14-12(8-15)5-2-6-12/h1,3-4,14-16H,2,5-8H2. The Bertz CT molecular complexity index is 372. The van der Waals surface area contributed by atoms with Gasteiger partial charge >= 0.3 is 0 Å². The summed E-state index contributed by atoms with van der Waals surface area (Å²) in [4.78, 5) is 0. The Labute approximate surface area is 104 Å². The zero-order valence-electron chi connectivity index (χ0n) is 9.04. The molecular weight excluding hydrogens is 270 g/mol. The fourth-order valence-electron chi connectivity index (χ4n) is 1.98. The molecule has 3 N–H and O–H groups in total. The number of hydrogen-bond donors (Lipinski definition) is 3. The van der Waals surface area contributed by atoms with Crippen molar-refractivity contribution in [2.75, 3.05) is 6.61 Å². The van der Waals surface area contributed by atoms with Crippen molar-refractivity contribution in [3.63, 3.8) is 0 Å². The first-order valence-corrected chi connectivity index (χ1v) is 6.28. The van der Waals surface area contributed by atoms with Crippen LogP contribution >= 0.6 is 15.9 Å². The van der Waals surface area contributed by atoms with Gasteiger partial charge in [0.2, 0.25) is 0 Å². The summed E-state index contributed by atoms with van der Waals surface area (Å²) < 4.78 is 0.707. The Morgan fingerprint density at radius 3 is 2.69 bits per heavy atom. The maximum absolute atomic E-state index is 9.81. The molecule has 1 aromatic rings. The van der Waals surface area contributed by atoms with E-state index >= 15 is 0 Å². The van der Waals surface area contributed by atoms with Gasteiger partial charge in [0.15, 0.2) is 0 Å². The summed E-state index contributed by atoms with van der Waals surface area (Å²) >= 11 is 3.29. The average Bonchev–Trinajstić information content (AvgIpc) is 2.23. The van der Waals surface area contributed by atoms with Crippen molar-refractivity contribution in [3.05, 3.63) is 28.2 Å². The number of phenolic OH excluding ortho intramolecular Hbond substituents is 1. The first kappa shape index (κ1) is 11.9. The summed E-state index contributed by atoms with van der Waals surface area (Å²) in [5, 5.41) is 22.4. The summed E-state index contributed by atoms with van der Waals surface area (Å²) in [5.41, 5.74) is 0.739. The molecule has 1 saturated carbocycles. The molecule has 3 nitrogen and oxygen atoms in total. The number of phenols is 1. The minimum Gasteiger partial charge on any atom is -0.506 e. The first-order valence-electron chi connectivity index (χ1n) is 5.49. The molecule has 1 aromatic carbocycles. The number of para-hydroxylation sites is 1. The summed E-state index contributed by atoms with van der Waals surface area (Å²) in [6.45, 7) is 0.758. The lowest BCUT2D eigenvalue weighted by Crippen LogP contribution is -2.53. The van der Waals surface area contributed by atoms with Crippen LogP contribution in [0.5, 0.6) is 5.75 Å². The number of nitrogens with one attached hydrogen (secondary N) is 1. The van der Waals surface area contributed by atoms with Crippen molar-refractivity contribution < 1.29 is 10.2 Å². The smallest absolute Gasteiger partial charge is 0.134 e. The summed E-state index contributed by atoms with van der Waals surface area (Å²) in [6.07, 6.45) is 3.19. The lowest BCUT2D eigenvalue weighted by atomic mass is 9.77. The fraction of sp³-hybridized carbons (Fsp3) is 0.500. The van der Waals surface area contributed by atoms with Gasteiger partial charge in [0.05, 0.1) is 11.1 Å². The molecule has 0 unspecified atom stereocenters. The SMILES string of the molecule is OCC1(NCc2cccc(Br)c2O)CCC1.